The van der Waals surface area contributed by atoms with Gasteiger partial charge in [0.05, 0.1) is 0 Å². The van der Waals surface area contributed by atoms with Crippen LogP contribution in [0.25, 0.3) is 0 Å². The van der Waals surface area contributed by atoms with E-state index in [4.69, 9.17) is 0 Å². The first-order valence-corrected chi connectivity index (χ1v) is 7.25. The summed E-state index contributed by atoms with van der Waals surface area (Å²) < 4.78 is 38.4. The van der Waals surface area contributed by atoms with Crippen molar-refractivity contribution >= 4 is 11.6 Å². The van der Waals surface area contributed by atoms with Crippen LogP contribution in [0.1, 0.15) is 38.9 Å². The third-order valence-electron chi connectivity index (χ3n) is 4.32. The Hall–Kier alpha value is -1.53. The van der Waals surface area contributed by atoms with Crippen LogP contribution in [0.15, 0.2) is 6.07 Å². The second-order valence-electron chi connectivity index (χ2n) is 5.57. The molecule has 118 valence electrons. The molecule has 0 aromatic carbocycles. The lowest BCUT2D eigenvalue weighted by Crippen LogP contribution is -2.26. The lowest BCUT2D eigenvalue weighted by Gasteiger charge is -2.22. The second-order valence-corrected chi connectivity index (χ2v) is 5.57. The molecule has 7 heteroatoms. The highest BCUT2D eigenvalue weighted by atomic mass is 19.4. The molecule has 0 bridgehead atoms. The first-order valence-electron chi connectivity index (χ1n) is 7.25. The molecule has 1 saturated carbocycles. The lowest BCUT2D eigenvalue weighted by molar-refractivity contribution is -0.144. The minimum atomic E-state index is -4.55. The van der Waals surface area contributed by atoms with Crippen LogP contribution >= 0.6 is 0 Å². The van der Waals surface area contributed by atoms with Gasteiger partial charge in [-0.3, -0.25) is 0 Å². The number of alkyl halides is 3. The SMILES string of the molecule is CCC1CCC(Nc2cc(NC)nc(C(F)(F)F)n2)C1C. The predicted molar refractivity (Wildman–Crippen MR) is 76.2 cm³/mol. The summed E-state index contributed by atoms with van der Waals surface area (Å²) >= 11 is 0. The molecule has 0 radical (unpaired) electrons. The van der Waals surface area contributed by atoms with E-state index >= 15 is 0 Å². The number of hydrogen-bond donors (Lipinski definition) is 2. The normalized spacial score (nSPS) is 25.9. The quantitative estimate of drug-likeness (QED) is 0.889. The summed E-state index contributed by atoms with van der Waals surface area (Å²) in [6.07, 6.45) is -1.39. The molecule has 1 aliphatic rings. The van der Waals surface area contributed by atoms with Gasteiger partial charge < -0.3 is 10.6 Å². The van der Waals surface area contributed by atoms with E-state index in [1.165, 1.54) is 13.1 Å². The van der Waals surface area contributed by atoms with E-state index in [1.54, 1.807) is 0 Å². The second kappa shape index (κ2) is 6.07. The van der Waals surface area contributed by atoms with Gasteiger partial charge in [0, 0.05) is 19.2 Å². The minimum Gasteiger partial charge on any atom is -0.373 e. The Balaban J connectivity index is 2.20. The fourth-order valence-corrected chi connectivity index (χ4v) is 2.99. The molecule has 0 amide bonds. The van der Waals surface area contributed by atoms with Crippen LogP contribution in [-0.2, 0) is 6.18 Å². The fraction of sp³-hybridized carbons (Fsp3) is 0.714. The summed E-state index contributed by atoms with van der Waals surface area (Å²) in [5.74, 6) is 0.329. The molecule has 3 unspecified atom stereocenters. The van der Waals surface area contributed by atoms with Crippen molar-refractivity contribution in [2.45, 2.75) is 45.3 Å². The predicted octanol–water partition coefficient (Wildman–Crippen LogP) is 3.77. The van der Waals surface area contributed by atoms with Crippen LogP contribution in [0.5, 0.6) is 0 Å². The molecule has 1 aliphatic carbocycles. The van der Waals surface area contributed by atoms with Crippen LogP contribution in [-0.4, -0.2) is 23.1 Å². The number of nitrogens with zero attached hydrogens (tertiary/aromatic N) is 2. The summed E-state index contributed by atoms with van der Waals surface area (Å²) in [6.45, 7) is 4.29. The van der Waals surface area contributed by atoms with Crippen molar-refractivity contribution in [3.05, 3.63) is 11.9 Å². The maximum absolute atomic E-state index is 12.8. The molecular weight excluding hydrogens is 281 g/mol. The number of aromatic nitrogens is 2. The maximum Gasteiger partial charge on any atom is 0.451 e. The van der Waals surface area contributed by atoms with E-state index in [1.807, 2.05) is 0 Å². The summed E-state index contributed by atoms with van der Waals surface area (Å²) in [5.41, 5.74) is 0. The molecule has 2 N–H and O–H groups in total. The largest absolute Gasteiger partial charge is 0.451 e. The van der Waals surface area contributed by atoms with Gasteiger partial charge in [0.1, 0.15) is 11.6 Å². The molecule has 1 aromatic rings. The monoisotopic (exact) mass is 302 g/mol. The average molecular weight is 302 g/mol. The van der Waals surface area contributed by atoms with Gasteiger partial charge in [-0.1, -0.05) is 20.3 Å². The van der Waals surface area contributed by atoms with Crippen molar-refractivity contribution in [1.82, 2.24) is 9.97 Å². The van der Waals surface area contributed by atoms with Crippen molar-refractivity contribution < 1.29 is 13.2 Å². The smallest absolute Gasteiger partial charge is 0.373 e. The molecule has 0 saturated heterocycles. The van der Waals surface area contributed by atoms with Crippen molar-refractivity contribution in [2.75, 3.05) is 17.7 Å². The molecule has 1 aromatic heterocycles. The molecule has 0 spiro atoms. The molecule has 1 heterocycles. The van der Waals surface area contributed by atoms with Gasteiger partial charge in [0.25, 0.3) is 0 Å². The van der Waals surface area contributed by atoms with E-state index in [2.05, 4.69) is 34.4 Å². The van der Waals surface area contributed by atoms with E-state index < -0.39 is 12.0 Å². The van der Waals surface area contributed by atoms with E-state index in [0.29, 0.717) is 11.8 Å². The van der Waals surface area contributed by atoms with Gasteiger partial charge in [-0.25, -0.2) is 9.97 Å². The van der Waals surface area contributed by atoms with Gasteiger partial charge in [-0.2, -0.15) is 13.2 Å². The van der Waals surface area contributed by atoms with Crippen molar-refractivity contribution in [1.29, 1.82) is 0 Å². The van der Waals surface area contributed by atoms with Gasteiger partial charge in [-0.05, 0) is 24.7 Å². The minimum absolute atomic E-state index is 0.163. The standard InChI is InChI=1S/C14H21F3N4/c1-4-9-5-6-10(8(9)2)19-12-7-11(18-3)20-13(21-12)14(15,16)17/h7-10H,4-6H2,1-3H3,(H2,18,19,20,21). The summed E-state index contributed by atoms with van der Waals surface area (Å²) in [7, 11) is 1.54. The van der Waals surface area contributed by atoms with Crippen molar-refractivity contribution in [3.8, 4) is 0 Å². The zero-order valence-corrected chi connectivity index (χ0v) is 12.5. The van der Waals surface area contributed by atoms with Gasteiger partial charge in [0.2, 0.25) is 5.82 Å². The van der Waals surface area contributed by atoms with Crippen molar-refractivity contribution in [3.63, 3.8) is 0 Å². The van der Waals surface area contributed by atoms with Gasteiger partial charge >= 0.3 is 6.18 Å². The Labute approximate surface area is 122 Å². The topological polar surface area (TPSA) is 49.8 Å². The number of rotatable bonds is 4. The molecule has 3 atom stereocenters. The molecule has 4 nitrogen and oxygen atoms in total. The molecule has 1 fully saturated rings. The highest BCUT2D eigenvalue weighted by Crippen LogP contribution is 2.36. The first kappa shape index (κ1) is 15.9. The fourth-order valence-electron chi connectivity index (χ4n) is 2.99. The van der Waals surface area contributed by atoms with Crippen LogP contribution in [0.2, 0.25) is 0 Å². The molecule has 21 heavy (non-hydrogen) atoms. The van der Waals surface area contributed by atoms with E-state index in [-0.39, 0.29) is 17.7 Å². The highest BCUT2D eigenvalue weighted by molar-refractivity contribution is 5.48. The summed E-state index contributed by atoms with van der Waals surface area (Å²) in [6, 6.07) is 1.68. The Morgan fingerprint density at radius 3 is 2.43 bits per heavy atom. The van der Waals surface area contributed by atoms with Gasteiger partial charge in [-0.15, -0.1) is 0 Å². The molecule has 2 rings (SSSR count). The highest BCUT2D eigenvalue weighted by Gasteiger charge is 2.36. The number of hydrogen-bond acceptors (Lipinski definition) is 4. The Bertz CT molecular complexity index is 490. The molecular formula is C14H21F3N4. The summed E-state index contributed by atoms with van der Waals surface area (Å²) in [5, 5.41) is 5.80. The third-order valence-corrected chi connectivity index (χ3v) is 4.32. The summed E-state index contributed by atoms with van der Waals surface area (Å²) in [4.78, 5) is 7.07. The lowest BCUT2D eigenvalue weighted by atomic mass is 9.93. The first-order chi connectivity index (χ1) is 9.85. The number of halogens is 3. The van der Waals surface area contributed by atoms with Crippen molar-refractivity contribution in [2.24, 2.45) is 11.8 Å². The van der Waals surface area contributed by atoms with Crippen LogP contribution in [0.4, 0.5) is 24.8 Å². The van der Waals surface area contributed by atoms with Crippen LogP contribution in [0, 0.1) is 11.8 Å². The van der Waals surface area contributed by atoms with Gasteiger partial charge in [0.15, 0.2) is 0 Å². The number of nitrogens with one attached hydrogen (secondary N) is 2. The number of anilines is 2. The van der Waals surface area contributed by atoms with E-state index in [0.717, 1.165) is 19.3 Å². The van der Waals surface area contributed by atoms with E-state index in [9.17, 15) is 13.2 Å². The Morgan fingerprint density at radius 1 is 1.24 bits per heavy atom. The Kier molecular flexibility index (Phi) is 4.58. The third kappa shape index (κ3) is 3.57. The average Bonchev–Trinajstić information content (AvgIpc) is 2.78. The zero-order valence-electron chi connectivity index (χ0n) is 12.5. The van der Waals surface area contributed by atoms with Crippen LogP contribution in [0.3, 0.4) is 0 Å². The Morgan fingerprint density at radius 2 is 1.90 bits per heavy atom. The van der Waals surface area contributed by atoms with Crippen LogP contribution < -0.4 is 10.6 Å². The zero-order chi connectivity index (χ0) is 15.6. The maximum atomic E-state index is 12.8. The molecule has 0 aliphatic heterocycles.